The van der Waals surface area contributed by atoms with Crippen LogP contribution in [0.5, 0.6) is 0 Å². The third-order valence-electron chi connectivity index (χ3n) is 2.80. The summed E-state index contributed by atoms with van der Waals surface area (Å²) in [6.45, 7) is 0.696. The number of benzene rings is 1. The minimum absolute atomic E-state index is 0.0178. The number of anilines is 2. The zero-order chi connectivity index (χ0) is 13.1. The molecule has 6 heteroatoms. The summed E-state index contributed by atoms with van der Waals surface area (Å²) in [6.07, 6.45) is 1.33. The molecule has 1 aliphatic heterocycles. The van der Waals surface area contributed by atoms with Gasteiger partial charge in [-0.05, 0) is 24.6 Å². The van der Waals surface area contributed by atoms with E-state index in [1.165, 1.54) is 4.90 Å². The van der Waals surface area contributed by atoms with Crippen LogP contribution in [0, 0.1) is 0 Å². The molecular formula is C12H14ClN3O2. The van der Waals surface area contributed by atoms with Crippen LogP contribution in [0.4, 0.5) is 11.4 Å². The van der Waals surface area contributed by atoms with Gasteiger partial charge in [-0.25, -0.2) is 0 Å². The smallest absolute Gasteiger partial charge is 0.244 e. The lowest BCUT2D eigenvalue weighted by Crippen LogP contribution is -2.34. The summed E-state index contributed by atoms with van der Waals surface area (Å²) < 4.78 is 0. The Bertz CT molecular complexity index is 490. The first kappa shape index (κ1) is 12.7. The van der Waals surface area contributed by atoms with Crippen molar-refractivity contribution in [2.75, 3.05) is 24.1 Å². The molecule has 1 aromatic carbocycles. The molecule has 1 heterocycles. The number of hydrogen-bond acceptors (Lipinski definition) is 3. The van der Waals surface area contributed by atoms with Gasteiger partial charge in [0.05, 0.1) is 17.9 Å². The number of nitrogens with zero attached hydrogens (tertiary/aromatic N) is 1. The van der Waals surface area contributed by atoms with E-state index in [4.69, 9.17) is 17.3 Å². The fourth-order valence-electron chi connectivity index (χ4n) is 1.87. The number of carbonyl (C=O) groups excluding carboxylic acids is 2. The number of carbonyl (C=O) groups is 2. The van der Waals surface area contributed by atoms with Crippen LogP contribution in [0.15, 0.2) is 18.2 Å². The summed E-state index contributed by atoms with van der Waals surface area (Å²) >= 11 is 5.82. The lowest BCUT2D eigenvalue weighted by Gasteiger charge is -2.15. The molecule has 0 aliphatic carbocycles. The van der Waals surface area contributed by atoms with Gasteiger partial charge in [0.2, 0.25) is 11.8 Å². The van der Waals surface area contributed by atoms with Crippen molar-refractivity contribution in [3.8, 4) is 0 Å². The molecular weight excluding hydrogens is 254 g/mol. The number of nitrogens with two attached hydrogens (primary N) is 1. The Morgan fingerprint density at radius 1 is 1.50 bits per heavy atom. The molecule has 5 nitrogen and oxygen atoms in total. The molecule has 2 amide bonds. The molecule has 1 aliphatic rings. The second-order valence-electron chi connectivity index (χ2n) is 4.20. The Balaban J connectivity index is 1.98. The van der Waals surface area contributed by atoms with Gasteiger partial charge in [-0.15, -0.1) is 0 Å². The first-order valence-corrected chi connectivity index (χ1v) is 6.07. The Morgan fingerprint density at radius 3 is 2.94 bits per heavy atom. The Kier molecular flexibility index (Phi) is 3.72. The lowest BCUT2D eigenvalue weighted by atomic mass is 10.2. The number of halogens is 1. The van der Waals surface area contributed by atoms with Crippen LogP contribution in [-0.4, -0.2) is 29.8 Å². The maximum atomic E-state index is 11.8. The van der Waals surface area contributed by atoms with Crippen molar-refractivity contribution in [1.29, 1.82) is 0 Å². The zero-order valence-electron chi connectivity index (χ0n) is 9.78. The minimum Gasteiger partial charge on any atom is -0.397 e. The zero-order valence-corrected chi connectivity index (χ0v) is 10.5. The van der Waals surface area contributed by atoms with Crippen molar-refractivity contribution in [2.45, 2.75) is 12.8 Å². The number of likely N-dealkylation sites (tertiary alicyclic amines) is 1. The molecule has 1 saturated heterocycles. The highest BCUT2D eigenvalue weighted by atomic mass is 35.5. The average molecular weight is 268 g/mol. The molecule has 2 rings (SSSR count). The first-order chi connectivity index (χ1) is 8.56. The highest BCUT2D eigenvalue weighted by Gasteiger charge is 2.22. The van der Waals surface area contributed by atoms with Crippen molar-refractivity contribution >= 4 is 34.8 Å². The highest BCUT2D eigenvalue weighted by molar-refractivity contribution is 6.31. The van der Waals surface area contributed by atoms with Crippen molar-refractivity contribution in [3.05, 3.63) is 23.2 Å². The van der Waals surface area contributed by atoms with Gasteiger partial charge in [-0.2, -0.15) is 0 Å². The molecule has 1 aromatic rings. The summed E-state index contributed by atoms with van der Waals surface area (Å²) in [5.41, 5.74) is 6.64. The van der Waals surface area contributed by atoms with Gasteiger partial charge in [-0.1, -0.05) is 11.6 Å². The van der Waals surface area contributed by atoms with E-state index in [0.29, 0.717) is 29.4 Å². The summed E-state index contributed by atoms with van der Waals surface area (Å²) in [5, 5.41) is 3.15. The molecule has 0 atom stereocenters. The highest BCUT2D eigenvalue weighted by Crippen LogP contribution is 2.22. The first-order valence-electron chi connectivity index (χ1n) is 5.69. The Hall–Kier alpha value is -1.75. The summed E-state index contributed by atoms with van der Waals surface area (Å²) in [5.74, 6) is -0.247. The molecule has 3 N–H and O–H groups in total. The Morgan fingerprint density at radius 2 is 2.28 bits per heavy atom. The summed E-state index contributed by atoms with van der Waals surface area (Å²) in [7, 11) is 0. The lowest BCUT2D eigenvalue weighted by molar-refractivity contribution is -0.131. The van der Waals surface area contributed by atoms with Crippen LogP contribution in [-0.2, 0) is 9.59 Å². The standard InChI is InChI=1S/C12H14ClN3O2/c13-8-3-4-9(14)10(6-8)15-11(17)7-16-5-1-2-12(16)18/h3-4,6H,1-2,5,7,14H2,(H,15,17). The molecule has 0 spiro atoms. The van der Waals surface area contributed by atoms with Crippen molar-refractivity contribution in [3.63, 3.8) is 0 Å². The van der Waals surface area contributed by atoms with Gasteiger partial charge in [0.15, 0.2) is 0 Å². The predicted molar refractivity (Wildman–Crippen MR) is 70.3 cm³/mol. The van der Waals surface area contributed by atoms with Crippen LogP contribution in [0.25, 0.3) is 0 Å². The molecule has 0 aromatic heterocycles. The van der Waals surface area contributed by atoms with Gasteiger partial charge in [0.25, 0.3) is 0 Å². The quantitative estimate of drug-likeness (QED) is 0.815. The molecule has 96 valence electrons. The van der Waals surface area contributed by atoms with Crippen molar-refractivity contribution in [2.24, 2.45) is 0 Å². The fourth-order valence-corrected chi connectivity index (χ4v) is 2.04. The monoisotopic (exact) mass is 267 g/mol. The third kappa shape index (κ3) is 2.92. The Labute approximate surface area is 110 Å². The number of nitrogens with one attached hydrogen (secondary N) is 1. The second kappa shape index (κ2) is 5.27. The van der Waals surface area contributed by atoms with E-state index in [-0.39, 0.29) is 18.4 Å². The minimum atomic E-state index is -0.265. The van der Waals surface area contributed by atoms with Crippen LogP contribution < -0.4 is 11.1 Å². The summed E-state index contributed by atoms with van der Waals surface area (Å²) in [6, 6.07) is 4.86. The molecule has 1 fully saturated rings. The van der Waals surface area contributed by atoms with E-state index in [9.17, 15) is 9.59 Å². The predicted octanol–water partition coefficient (Wildman–Crippen LogP) is 1.48. The number of amides is 2. The topological polar surface area (TPSA) is 75.4 Å². The van der Waals surface area contributed by atoms with Crippen molar-refractivity contribution in [1.82, 2.24) is 4.90 Å². The molecule has 0 saturated carbocycles. The van der Waals surface area contributed by atoms with Crippen molar-refractivity contribution < 1.29 is 9.59 Å². The van der Waals surface area contributed by atoms with E-state index < -0.39 is 0 Å². The molecule has 0 bridgehead atoms. The van der Waals surface area contributed by atoms with E-state index in [1.807, 2.05) is 0 Å². The largest absolute Gasteiger partial charge is 0.397 e. The van der Waals surface area contributed by atoms with E-state index >= 15 is 0 Å². The second-order valence-corrected chi connectivity index (χ2v) is 4.64. The van der Waals surface area contributed by atoms with Gasteiger partial charge in [0, 0.05) is 18.0 Å². The van der Waals surface area contributed by atoms with Crippen LogP contribution in [0.1, 0.15) is 12.8 Å². The maximum Gasteiger partial charge on any atom is 0.244 e. The van der Waals surface area contributed by atoms with E-state index in [0.717, 1.165) is 6.42 Å². The summed E-state index contributed by atoms with van der Waals surface area (Å²) in [4.78, 5) is 24.7. The van der Waals surface area contributed by atoms with Crippen LogP contribution in [0.3, 0.4) is 0 Å². The fraction of sp³-hybridized carbons (Fsp3) is 0.333. The normalized spacial score (nSPS) is 14.9. The SMILES string of the molecule is Nc1ccc(Cl)cc1NC(=O)CN1CCCC1=O. The molecule has 18 heavy (non-hydrogen) atoms. The maximum absolute atomic E-state index is 11.8. The number of hydrogen-bond donors (Lipinski definition) is 2. The van der Waals surface area contributed by atoms with Gasteiger partial charge in [-0.3, -0.25) is 9.59 Å². The average Bonchev–Trinajstić information content (AvgIpc) is 2.70. The third-order valence-corrected chi connectivity index (χ3v) is 3.03. The van der Waals surface area contributed by atoms with Gasteiger partial charge < -0.3 is 16.0 Å². The van der Waals surface area contributed by atoms with Gasteiger partial charge in [0.1, 0.15) is 0 Å². The van der Waals surface area contributed by atoms with E-state index in [1.54, 1.807) is 18.2 Å². The van der Waals surface area contributed by atoms with Gasteiger partial charge >= 0.3 is 0 Å². The number of nitrogen functional groups attached to an aromatic ring is 1. The molecule has 0 radical (unpaired) electrons. The van der Waals surface area contributed by atoms with E-state index in [2.05, 4.69) is 5.32 Å². The molecule has 0 unspecified atom stereocenters. The number of rotatable bonds is 3. The van der Waals surface area contributed by atoms with Crippen LogP contribution >= 0.6 is 11.6 Å². The van der Waals surface area contributed by atoms with Crippen LogP contribution in [0.2, 0.25) is 5.02 Å².